The van der Waals surface area contributed by atoms with Gasteiger partial charge in [-0.1, -0.05) is 54.1 Å². The normalized spacial score (nSPS) is 14.9. The maximum Gasteiger partial charge on any atom is 0.191 e. The Morgan fingerprint density at radius 2 is 1.45 bits per heavy atom. The number of ether oxygens (including phenoxy) is 2. The van der Waals surface area contributed by atoms with Crippen molar-refractivity contribution < 1.29 is 9.47 Å². The van der Waals surface area contributed by atoms with Gasteiger partial charge in [0.05, 0.1) is 12.7 Å². The summed E-state index contributed by atoms with van der Waals surface area (Å²) in [5.41, 5.74) is 4.93. The lowest BCUT2D eigenvalue weighted by Crippen LogP contribution is -2.36. The third-order valence-corrected chi connectivity index (χ3v) is 4.94. The second kappa shape index (κ2) is 12.8. The molecule has 6 heteroatoms. The van der Waals surface area contributed by atoms with Crippen LogP contribution in [-0.2, 0) is 29.2 Å². The molecule has 0 bridgehead atoms. The molecule has 0 aromatic heterocycles. The summed E-state index contributed by atoms with van der Waals surface area (Å²) in [5, 5.41) is 6.72. The molecule has 5 nitrogen and oxygen atoms in total. The molecule has 0 radical (unpaired) electrons. The van der Waals surface area contributed by atoms with E-state index in [4.69, 9.17) is 9.47 Å². The number of halogens is 1. The Balaban J connectivity index is 0.00000300. The number of aliphatic imine (C=N–C) groups is 1. The zero-order chi connectivity index (χ0) is 19.6. The third-order valence-electron chi connectivity index (χ3n) is 4.94. The van der Waals surface area contributed by atoms with Gasteiger partial charge in [0.1, 0.15) is 0 Å². The molecule has 2 N–H and O–H groups in total. The molecule has 0 saturated carbocycles. The maximum absolute atomic E-state index is 5.98. The first-order chi connectivity index (χ1) is 13.7. The van der Waals surface area contributed by atoms with E-state index in [1.807, 2.05) is 0 Å². The van der Waals surface area contributed by atoms with E-state index in [1.54, 1.807) is 7.05 Å². The van der Waals surface area contributed by atoms with Gasteiger partial charge >= 0.3 is 0 Å². The quantitative estimate of drug-likeness (QED) is 0.334. The van der Waals surface area contributed by atoms with Crippen LogP contribution in [-0.4, -0.2) is 32.3 Å². The Kier molecular flexibility index (Phi) is 10.5. The molecular formula is C23H32IN3O2. The summed E-state index contributed by atoms with van der Waals surface area (Å²) in [6.45, 7) is 5.87. The number of nitrogens with zero attached hydrogens (tertiary/aromatic N) is 1. The largest absolute Gasteiger partial charge is 0.381 e. The third kappa shape index (κ3) is 8.32. The predicted molar refractivity (Wildman–Crippen MR) is 129 cm³/mol. The summed E-state index contributed by atoms with van der Waals surface area (Å²) < 4.78 is 11.3. The molecule has 3 rings (SSSR count). The predicted octanol–water partition coefficient (Wildman–Crippen LogP) is 4.17. The van der Waals surface area contributed by atoms with E-state index in [1.165, 1.54) is 22.3 Å². The van der Waals surface area contributed by atoms with Crippen LogP contribution in [0.3, 0.4) is 0 Å². The first-order valence-corrected chi connectivity index (χ1v) is 10.00. The molecule has 0 spiro atoms. The highest BCUT2D eigenvalue weighted by Gasteiger charge is 2.13. The van der Waals surface area contributed by atoms with Gasteiger partial charge in [0.15, 0.2) is 5.96 Å². The van der Waals surface area contributed by atoms with Crippen LogP contribution in [0.2, 0.25) is 0 Å². The Morgan fingerprint density at radius 1 is 0.931 bits per heavy atom. The lowest BCUT2D eigenvalue weighted by molar-refractivity contribution is -0.0390. The van der Waals surface area contributed by atoms with Crippen molar-refractivity contribution in [2.24, 2.45) is 4.99 Å². The minimum absolute atomic E-state index is 0. The Labute approximate surface area is 191 Å². The van der Waals surface area contributed by atoms with Gasteiger partial charge in [-0.3, -0.25) is 4.99 Å². The second-order valence-corrected chi connectivity index (χ2v) is 7.20. The number of guanidine groups is 1. The molecule has 1 aliphatic heterocycles. The van der Waals surface area contributed by atoms with E-state index in [9.17, 15) is 0 Å². The maximum atomic E-state index is 5.98. The Bertz CT molecular complexity index is 742. The molecule has 0 atom stereocenters. The van der Waals surface area contributed by atoms with Crippen molar-refractivity contribution >= 4 is 29.9 Å². The van der Waals surface area contributed by atoms with Crippen molar-refractivity contribution in [2.75, 3.05) is 20.3 Å². The van der Waals surface area contributed by atoms with Crippen molar-refractivity contribution in [1.29, 1.82) is 0 Å². The van der Waals surface area contributed by atoms with E-state index in [2.05, 4.69) is 71.1 Å². The molecule has 0 aliphatic carbocycles. The number of rotatable bonds is 7. The number of aryl methyl sites for hydroxylation is 1. The smallest absolute Gasteiger partial charge is 0.191 e. The molecule has 1 fully saturated rings. The van der Waals surface area contributed by atoms with Crippen LogP contribution < -0.4 is 10.6 Å². The van der Waals surface area contributed by atoms with Gasteiger partial charge in [0, 0.05) is 33.4 Å². The number of benzene rings is 2. The van der Waals surface area contributed by atoms with Crippen LogP contribution in [0.4, 0.5) is 0 Å². The number of hydrogen-bond acceptors (Lipinski definition) is 3. The van der Waals surface area contributed by atoms with Crippen molar-refractivity contribution in [3.8, 4) is 0 Å². The van der Waals surface area contributed by atoms with Crippen LogP contribution in [0.25, 0.3) is 0 Å². The molecular weight excluding hydrogens is 477 g/mol. The molecule has 1 saturated heterocycles. The van der Waals surface area contributed by atoms with Crippen LogP contribution in [0.1, 0.15) is 35.1 Å². The highest BCUT2D eigenvalue weighted by atomic mass is 127. The van der Waals surface area contributed by atoms with Crippen molar-refractivity contribution in [3.05, 3.63) is 70.8 Å². The van der Waals surface area contributed by atoms with Gasteiger partial charge in [0.2, 0.25) is 0 Å². The summed E-state index contributed by atoms with van der Waals surface area (Å²) in [5.74, 6) is 0.799. The van der Waals surface area contributed by atoms with Gasteiger partial charge < -0.3 is 20.1 Å². The summed E-state index contributed by atoms with van der Waals surface area (Å²) in [6, 6.07) is 17.1. The topological polar surface area (TPSA) is 54.9 Å². The lowest BCUT2D eigenvalue weighted by atomic mass is 10.1. The van der Waals surface area contributed by atoms with Crippen molar-refractivity contribution in [1.82, 2.24) is 10.6 Å². The standard InChI is InChI=1S/C23H31N3O2.HI/c1-18-3-5-19(6-4-18)15-25-23(24-2)26-16-20-7-9-21(10-8-20)17-28-22-11-13-27-14-12-22;/h3-10,22H,11-17H2,1-2H3,(H2,24,25,26);1H. The fraction of sp³-hybridized carbons (Fsp3) is 0.435. The SMILES string of the molecule is CN=C(NCc1ccc(C)cc1)NCc1ccc(COC2CCOCC2)cc1.I. The molecule has 0 unspecified atom stereocenters. The van der Waals surface area contributed by atoms with Crippen LogP contribution in [0.15, 0.2) is 53.5 Å². The summed E-state index contributed by atoms with van der Waals surface area (Å²) in [6.07, 6.45) is 2.32. The van der Waals surface area contributed by atoms with Gasteiger partial charge in [0.25, 0.3) is 0 Å². The second-order valence-electron chi connectivity index (χ2n) is 7.20. The first kappa shape index (κ1) is 23.6. The van der Waals surface area contributed by atoms with E-state index in [0.29, 0.717) is 12.7 Å². The lowest BCUT2D eigenvalue weighted by Gasteiger charge is -2.22. The van der Waals surface area contributed by atoms with Gasteiger partial charge in [-0.2, -0.15) is 0 Å². The van der Waals surface area contributed by atoms with Crippen LogP contribution in [0.5, 0.6) is 0 Å². The summed E-state index contributed by atoms with van der Waals surface area (Å²) in [4.78, 5) is 4.30. The zero-order valence-corrected chi connectivity index (χ0v) is 19.6. The fourth-order valence-corrected chi connectivity index (χ4v) is 3.11. The van der Waals surface area contributed by atoms with Gasteiger partial charge in [-0.25, -0.2) is 0 Å². The molecule has 0 amide bonds. The van der Waals surface area contributed by atoms with E-state index >= 15 is 0 Å². The summed E-state index contributed by atoms with van der Waals surface area (Å²) >= 11 is 0. The Hall–Kier alpha value is -1.64. The first-order valence-electron chi connectivity index (χ1n) is 10.00. The highest BCUT2D eigenvalue weighted by molar-refractivity contribution is 14.0. The molecule has 2 aromatic rings. The van der Waals surface area contributed by atoms with Gasteiger partial charge in [-0.15, -0.1) is 24.0 Å². The van der Waals surface area contributed by atoms with Crippen LogP contribution in [0, 0.1) is 6.92 Å². The monoisotopic (exact) mass is 509 g/mol. The molecule has 2 aromatic carbocycles. The molecule has 1 aliphatic rings. The fourth-order valence-electron chi connectivity index (χ4n) is 3.11. The Morgan fingerprint density at radius 3 is 2.00 bits per heavy atom. The van der Waals surface area contributed by atoms with Crippen LogP contribution >= 0.6 is 24.0 Å². The van der Waals surface area contributed by atoms with Gasteiger partial charge in [-0.05, 0) is 36.5 Å². The average Bonchev–Trinajstić information content (AvgIpc) is 2.75. The van der Waals surface area contributed by atoms with Crippen molar-refractivity contribution in [3.63, 3.8) is 0 Å². The zero-order valence-electron chi connectivity index (χ0n) is 17.3. The highest BCUT2D eigenvalue weighted by Crippen LogP contribution is 2.14. The summed E-state index contributed by atoms with van der Waals surface area (Å²) in [7, 11) is 1.79. The average molecular weight is 509 g/mol. The van der Waals surface area contributed by atoms with E-state index in [0.717, 1.165) is 45.1 Å². The molecule has 29 heavy (non-hydrogen) atoms. The minimum atomic E-state index is 0. The van der Waals surface area contributed by atoms with Crippen molar-refractivity contribution in [2.45, 2.75) is 45.6 Å². The van der Waals surface area contributed by atoms with E-state index in [-0.39, 0.29) is 24.0 Å². The molecule has 1 heterocycles. The number of hydrogen-bond donors (Lipinski definition) is 2. The number of nitrogens with one attached hydrogen (secondary N) is 2. The minimum Gasteiger partial charge on any atom is -0.381 e. The molecule has 158 valence electrons. The van der Waals surface area contributed by atoms with E-state index < -0.39 is 0 Å².